The van der Waals surface area contributed by atoms with Crippen LogP contribution in [0, 0.1) is 0 Å². The number of unbranched alkanes of at least 4 members (excludes halogenated alkanes) is 20. The van der Waals surface area contributed by atoms with Crippen molar-refractivity contribution in [2.45, 2.75) is 161 Å². The number of carbonyl (C=O) groups excluding carboxylic acids is 1. The number of hydrogen-bond donors (Lipinski definition) is 1. The molecule has 3 nitrogen and oxygen atoms in total. The fourth-order valence-electron chi connectivity index (χ4n) is 4.24. The van der Waals surface area contributed by atoms with E-state index in [1.165, 1.54) is 136 Å². The Bertz CT molecular complexity index is 346. The number of carbonyl (C=O) groups is 1. The van der Waals surface area contributed by atoms with E-state index in [2.05, 4.69) is 11.7 Å². The van der Waals surface area contributed by atoms with Gasteiger partial charge in [0.05, 0.1) is 13.5 Å². The van der Waals surface area contributed by atoms with Gasteiger partial charge in [-0.05, 0) is 6.42 Å². The topological polar surface area (TPSA) is 52.3 Å². The second-order valence-corrected chi connectivity index (χ2v) is 9.40. The molecule has 0 heterocycles. The summed E-state index contributed by atoms with van der Waals surface area (Å²) in [5.41, 5.74) is 5.93. The highest BCUT2D eigenvalue weighted by Gasteiger charge is 2.08. The van der Waals surface area contributed by atoms with Crippen molar-refractivity contribution < 1.29 is 9.53 Å². The SMILES string of the molecule is CCCCCCCCCCCCCCCCCCCCCCCC(N)CC(=O)OC. The Kier molecular flexibility index (Phi) is 24.2. The zero-order chi connectivity index (χ0) is 22.1. The Labute approximate surface area is 189 Å². The summed E-state index contributed by atoms with van der Waals surface area (Å²) in [6.45, 7) is 2.29. The van der Waals surface area contributed by atoms with Crippen molar-refractivity contribution >= 4 is 5.97 Å². The largest absolute Gasteiger partial charge is 0.469 e. The highest BCUT2D eigenvalue weighted by Crippen LogP contribution is 2.15. The predicted octanol–water partition coefficient (Wildman–Crippen LogP) is 8.48. The van der Waals surface area contributed by atoms with Gasteiger partial charge in [-0.1, -0.05) is 142 Å². The molecule has 0 fully saturated rings. The molecule has 0 aromatic rings. The van der Waals surface area contributed by atoms with Gasteiger partial charge in [-0.15, -0.1) is 0 Å². The summed E-state index contributed by atoms with van der Waals surface area (Å²) in [5, 5.41) is 0. The van der Waals surface area contributed by atoms with E-state index in [0.29, 0.717) is 6.42 Å². The van der Waals surface area contributed by atoms with Crippen LogP contribution in [0.15, 0.2) is 0 Å². The molecular weight excluding hydrogens is 370 g/mol. The lowest BCUT2D eigenvalue weighted by Crippen LogP contribution is -2.24. The molecule has 0 amide bonds. The van der Waals surface area contributed by atoms with Crippen molar-refractivity contribution in [3.8, 4) is 0 Å². The van der Waals surface area contributed by atoms with Gasteiger partial charge >= 0.3 is 5.97 Å². The van der Waals surface area contributed by atoms with Gasteiger partial charge in [0.1, 0.15) is 0 Å². The first-order valence-corrected chi connectivity index (χ1v) is 13.5. The van der Waals surface area contributed by atoms with Crippen LogP contribution in [0.2, 0.25) is 0 Å². The zero-order valence-electron chi connectivity index (χ0n) is 20.7. The average molecular weight is 426 g/mol. The van der Waals surface area contributed by atoms with Crippen LogP contribution < -0.4 is 5.73 Å². The summed E-state index contributed by atoms with van der Waals surface area (Å²) in [6, 6.07) is -0.0298. The molecule has 0 aliphatic heterocycles. The fraction of sp³-hybridized carbons (Fsp3) is 0.963. The van der Waals surface area contributed by atoms with Crippen LogP contribution >= 0.6 is 0 Å². The first-order valence-electron chi connectivity index (χ1n) is 13.5. The zero-order valence-corrected chi connectivity index (χ0v) is 20.7. The quantitative estimate of drug-likeness (QED) is 0.125. The Morgan fingerprint density at radius 3 is 1.20 bits per heavy atom. The molecule has 1 unspecified atom stereocenters. The Hall–Kier alpha value is -0.570. The minimum atomic E-state index is -0.189. The van der Waals surface area contributed by atoms with Crippen LogP contribution in [-0.4, -0.2) is 19.1 Å². The van der Waals surface area contributed by atoms with E-state index in [-0.39, 0.29) is 12.0 Å². The first kappa shape index (κ1) is 29.4. The van der Waals surface area contributed by atoms with E-state index >= 15 is 0 Å². The molecular formula is C27H55NO2. The number of rotatable bonds is 24. The molecule has 3 heteroatoms. The van der Waals surface area contributed by atoms with Crippen LogP contribution in [0.5, 0.6) is 0 Å². The third-order valence-electron chi connectivity index (χ3n) is 6.33. The lowest BCUT2D eigenvalue weighted by atomic mass is 10.0. The van der Waals surface area contributed by atoms with Gasteiger partial charge < -0.3 is 10.5 Å². The molecule has 0 saturated carbocycles. The van der Waals surface area contributed by atoms with Crippen LogP contribution in [0.3, 0.4) is 0 Å². The summed E-state index contributed by atoms with van der Waals surface area (Å²) in [5.74, 6) is -0.189. The van der Waals surface area contributed by atoms with Gasteiger partial charge in [-0.2, -0.15) is 0 Å². The van der Waals surface area contributed by atoms with Gasteiger partial charge in [-0.25, -0.2) is 0 Å². The van der Waals surface area contributed by atoms with Crippen molar-refractivity contribution in [2.24, 2.45) is 5.73 Å². The van der Waals surface area contributed by atoms with Crippen LogP contribution in [0.4, 0.5) is 0 Å². The first-order chi connectivity index (χ1) is 14.7. The predicted molar refractivity (Wildman–Crippen MR) is 132 cm³/mol. The van der Waals surface area contributed by atoms with E-state index in [1.54, 1.807) is 0 Å². The Morgan fingerprint density at radius 2 is 0.900 bits per heavy atom. The molecule has 30 heavy (non-hydrogen) atoms. The standard InChI is InChI=1S/C27H55NO2/c1-3-4-5-6-7-8-9-10-11-12-13-14-15-16-17-18-19-20-21-22-23-24-26(28)25-27(29)30-2/h26H,3-25,28H2,1-2H3. The summed E-state index contributed by atoms with van der Waals surface area (Å²) < 4.78 is 4.65. The monoisotopic (exact) mass is 425 g/mol. The molecule has 0 aromatic carbocycles. The van der Waals surface area contributed by atoms with Gasteiger partial charge in [0.25, 0.3) is 0 Å². The maximum Gasteiger partial charge on any atom is 0.307 e. The molecule has 2 N–H and O–H groups in total. The molecule has 1 atom stereocenters. The highest BCUT2D eigenvalue weighted by atomic mass is 16.5. The molecule has 0 radical (unpaired) electrons. The van der Waals surface area contributed by atoms with E-state index < -0.39 is 0 Å². The van der Waals surface area contributed by atoms with E-state index in [0.717, 1.165) is 12.8 Å². The molecule has 0 saturated heterocycles. The Balaban J connectivity index is 3.09. The maximum absolute atomic E-state index is 11.1. The van der Waals surface area contributed by atoms with Crippen molar-refractivity contribution in [3.63, 3.8) is 0 Å². The summed E-state index contributed by atoms with van der Waals surface area (Å²) >= 11 is 0. The van der Waals surface area contributed by atoms with Crippen molar-refractivity contribution in [1.29, 1.82) is 0 Å². The summed E-state index contributed by atoms with van der Waals surface area (Å²) in [7, 11) is 1.42. The number of ether oxygens (including phenoxy) is 1. The second-order valence-electron chi connectivity index (χ2n) is 9.40. The van der Waals surface area contributed by atoms with Gasteiger partial charge in [0.2, 0.25) is 0 Å². The van der Waals surface area contributed by atoms with E-state index in [9.17, 15) is 4.79 Å². The molecule has 180 valence electrons. The number of esters is 1. The molecule has 0 aliphatic rings. The molecule has 0 bridgehead atoms. The fourth-order valence-corrected chi connectivity index (χ4v) is 4.24. The minimum absolute atomic E-state index is 0.0298. The number of nitrogens with two attached hydrogens (primary N) is 1. The normalized spacial score (nSPS) is 12.2. The van der Waals surface area contributed by atoms with Crippen LogP contribution in [0.1, 0.15) is 155 Å². The molecule has 0 aliphatic carbocycles. The third-order valence-corrected chi connectivity index (χ3v) is 6.33. The lowest BCUT2D eigenvalue weighted by molar-refractivity contribution is -0.141. The molecule has 0 aromatic heterocycles. The van der Waals surface area contributed by atoms with Gasteiger partial charge in [-0.3, -0.25) is 4.79 Å². The number of hydrogen-bond acceptors (Lipinski definition) is 3. The van der Waals surface area contributed by atoms with Gasteiger partial charge in [0, 0.05) is 6.04 Å². The highest BCUT2D eigenvalue weighted by molar-refractivity contribution is 5.69. The van der Waals surface area contributed by atoms with E-state index in [1.807, 2.05) is 0 Å². The minimum Gasteiger partial charge on any atom is -0.469 e. The second kappa shape index (κ2) is 24.7. The van der Waals surface area contributed by atoms with Crippen molar-refractivity contribution in [1.82, 2.24) is 0 Å². The van der Waals surface area contributed by atoms with Crippen molar-refractivity contribution in [2.75, 3.05) is 7.11 Å². The third kappa shape index (κ3) is 23.7. The maximum atomic E-state index is 11.1. The van der Waals surface area contributed by atoms with Gasteiger partial charge in [0.15, 0.2) is 0 Å². The van der Waals surface area contributed by atoms with E-state index in [4.69, 9.17) is 5.73 Å². The Morgan fingerprint density at radius 1 is 0.600 bits per heavy atom. The van der Waals surface area contributed by atoms with Crippen LogP contribution in [0.25, 0.3) is 0 Å². The molecule has 0 rings (SSSR count). The summed E-state index contributed by atoms with van der Waals surface area (Å²) in [4.78, 5) is 11.1. The number of methoxy groups -OCH3 is 1. The van der Waals surface area contributed by atoms with Crippen LogP contribution in [-0.2, 0) is 9.53 Å². The van der Waals surface area contributed by atoms with Crippen molar-refractivity contribution in [3.05, 3.63) is 0 Å². The summed E-state index contributed by atoms with van der Waals surface area (Å²) in [6.07, 6.45) is 30.8. The lowest BCUT2D eigenvalue weighted by Gasteiger charge is -2.09. The smallest absolute Gasteiger partial charge is 0.307 e. The average Bonchev–Trinajstić information content (AvgIpc) is 2.74. The molecule has 0 spiro atoms.